The van der Waals surface area contributed by atoms with Crippen LogP contribution < -0.4 is 10.6 Å². The Morgan fingerprint density at radius 1 is 1.42 bits per heavy atom. The van der Waals surface area contributed by atoms with Crippen LogP contribution in [0.25, 0.3) is 6.08 Å². The second-order valence-corrected chi connectivity index (χ2v) is 7.28. The molecule has 2 amide bonds. The Bertz CT molecular complexity index is 886. The van der Waals surface area contributed by atoms with Gasteiger partial charge in [-0.2, -0.15) is 0 Å². The number of nitro groups is 1. The van der Waals surface area contributed by atoms with Crippen molar-refractivity contribution in [2.45, 2.75) is 38.8 Å². The minimum Gasteiger partial charge on any atom is -0.463 e. The smallest absolute Gasteiger partial charge is 0.308 e. The molecule has 2 unspecified atom stereocenters. The molecule has 1 aliphatic rings. The second kappa shape index (κ2) is 11.2. The molecule has 1 saturated heterocycles. The Morgan fingerprint density at radius 3 is 2.71 bits per heavy atom. The minimum absolute atomic E-state index is 0.0227. The number of hydrogen-bond donors (Lipinski definition) is 2. The molecule has 0 bridgehead atoms. The third-order valence-electron chi connectivity index (χ3n) is 4.62. The molecule has 2 N–H and O–H groups in total. The lowest BCUT2D eigenvalue weighted by Crippen LogP contribution is -2.60. The lowest BCUT2D eigenvalue weighted by molar-refractivity contribution is -0.384. The normalized spacial score (nSPS) is 17.0. The fourth-order valence-electron chi connectivity index (χ4n) is 2.77. The summed E-state index contributed by atoms with van der Waals surface area (Å²) >= 11 is 5.27. The molecule has 0 radical (unpaired) electrons. The highest BCUT2D eigenvalue weighted by Crippen LogP contribution is 2.14. The summed E-state index contributed by atoms with van der Waals surface area (Å²) in [7, 11) is 0. The zero-order valence-corrected chi connectivity index (χ0v) is 18.0. The molecule has 1 fully saturated rings. The van der Waals surface area contributed by atoms with Crippen LogP contribution in [-0.2, 0) is 19.1 Å². The van der Waals surface area contributed by atoms with Gasteiger partial charge in [-0.05, 0) is 49.3 Å². The average molecular weight is 449 g/mol. The summed E-state index contributed by atoms with van der Waals surface area (Å²) in [4.78, 5) is 48.3. The van der Waals surface area contributed by atoms with Crippen LogP contribution in [0.2, 0.25) is 0 Å². The van der Waals surface area contributed by atoms with E-state index in [9.17, 15) is 24.5 Å². The first kappa shape index (κ1) is 23.9. The number of nitrogens with one attached hydrogen (secondary N) is 2. The van der Waals surface area contributed by atoms with E-state index < -0.39 is 22.8 Å². The molecule has 1 aromatic carbocycles. The van der Waals surface area contributed by atoms with Gasteiger partial charge in [-0.15, -0.1) is 0 Å². The predicted molar refractivity (Wildman–Crippen MR) is 117 cm³/mol. The van der Waals surface area contributed by atoms with Crippen molar-refractivity contribution in [3.8, 4) is 0 Å². The number of benzene rings is 1. The largest absolute Gasteiger partial charge is 0.463 e. The summed E-state index contributed by atoms with van der Waals surface area (Å²) in [6, 6.07) is 4.80. The van der Waals surface area contributed by atoms with E-state index in [2.05, 4.69) is 10.6 Å². The van der Waals surface area contributed by atoms with Gasteiger partial charge in [0.15, 0.2) is 5.11 Å². The number of piperazine rings is 1. The number of rotatable bonds is 7. The average Bonchev–Trinajstić information content (AvgIpc) is 2.73. The van der Waals surface area contributed by atoms with Crippen LogP contribution in [0.4, 0.5) is 5.69 Å². The van der Waals surface area contributed by atoms with Gasteiger partial charge in [0.25, 0.3) is 5.69 Å². The highest BCUT2D eigenvalue weighted by atomic mass is 32.1. The molecule has 11 heteroatoms. The maximum atomic E-state index is 12.3. The van der Waals surface area contributed by atoms with Crippen molar-refractivity contribution >= 4 is 46.9 Å². The minimum atomic E-state index is -0.878. The second-order valence-electron chi connectivity index (χ2n) is 6.89. The van der Waals surface area contributed by atoms with E-state index in [0.29, 0.717) is 25.1 Å². The number of thiocarbonyl (C=S) groups is 1. The van der Waals surface area contributed by atoms with E-state index in [1.165, 1.54) is 41.3 Å². The first-order valence-electron chi connectivity index (χ1n) is 9.72. The van der Waals surface area contributed by atoms with Crippen LogP contribution in [0, 0.1) is 10.1 Å². The number of carbonyl (C=O) groups excluding carboxylic acids is 3. The van der Waals surface area contributed by atoms with Crippen molar-refractivity contribution in [1.29, 1.82) is 0 Å². The summed E-state index contributed by atoms with van der Waals surface area (Å²) < 4.78 is 5.24. The fraction of sp³-hybridized carbons (Fsp3) is 0.400. The molecule has 0 spiro atoms. The molecule has 1 heterocycles. The summed E-state index contributed by atoms with van der Waals surface area (Å²) in [5.74, 6) is -1.42. The Labute approximate surface area is 184 Å². The van der Waals surface area contributed by atoms with Crippen LogP contribution in [0.3, 0.4) is 0 Å². The molecule has 166 valence electrons. The summed E-state index contributed by atoms with van der Waals surface area (Å²) in [5, 5.41) is 15.9. The quantitative estimate of drug-likeness (QED) is 0.211. The summed E-state index contributed by atoms with van der Waals surface area (Å²) in [6.07, 6.45) is 2.91. The van der Waals surface area contributed by atoms with Crippen molar-refractivity contribution in [2.24, 2.45) is 0 Å². The maximum Gasteiger partial charge on any atom is 0.308 e. The molecule has 1 aliphatic heterocycles. The number of hydrogen-bond acceptors (Lipinski definition) is 7. The van der Waals surface area contributed by atoms with Gasteiger partial charge in [-0.25, -0.2) is 0 Å². The van der Waals surface area contributed by atoms with Crippen molar-refractivity contribution in [2.75, 3.05) is 13.1 Å². The number of carbonyl (C=O) groups is 3. The van der Waals surface area contributed by atoms with Gasteiger partial charge in [-0.3, -0.25) is 29.8 Å². The number of amides is 2. The van der Waals surface area contributed by atoms with Gasteiger partial charge in [0.1, 0.15) is 6.04 Å². The van der Waals surface area contributed by atoms with E-state index in [1.54, 1.807) is 6.92 Å². The lowest BCUT2D eigenvalue weighted by atomic mass is 10.1. The van der Waals surface area contributed by atoms with Crippen LogP contribution in [-0.4, -0.2) is 58.0 Å². The topological polar surface area (TPSA) is 131 Å². The molecule has 0 aromatic heterocycles. The predicted octanol–water partition coefficient (Wildman–Crippen LogP) is 1.54. The zero-order chi connectivity index (χ0) is 23.0. The Balaban J connectivity index is 1.98. The van der Waals surface area contributed by atoms with E-state index in [0.717, 1.165) is 0 Å². The molecule has 1 aromatic rings. The van der Waals surface area contributed by atoms with Crippen LogP contribution in [0.15, 0.2) is 30.3 Å². The van der Waals surface area contributed by atoms with Crippen LogP contribution in [0.1, 0.15) is 32.3 Å². The molecule has 2 rings (SSSR count). The van der Waals surface area contributed by atoms with E-state index in [1.807, 2.05) is 6.92 Å². The van der Waals surface area contributed by atoms with Crippen LogP contribution in [0.5, 0.6) is 0 Å². The van der Waals surface area contributed by atoms with Gasteiger partial charge < -0.3 is 15.0 Å². The SMILES string of the molecule is CCC(C)OC(=O)CC1C(=O)NCCN1C(=S)NC(=O)/C=C/c1ccc([N+](=O)[O-])cc1. The van der Waals surface area contributed by atoms with Gasteiger partial charge >= 0.3 is 5.97 Å². The van der Waals surface area contributed by atoms with Gasteiger partial charge in [0, 0.05) is 31.3 Å². The number of ether oxygens (including phenoxy) is 1. The monoisotopic (exact) mass is 448 g/mol. The molecule has 0 aliphatic carbocycles. The molecular weight excluding hydrogens is 424 g/mol. The third kappa shape index (κ3) is 7.14. The molecule has 0 saturated carbocycles. The molecule has 2 atom stereocenters. The fourth-order valence-corrected chi connectivity index (χ4v) is 3.09. The third-order valence-corrected chi connectivity index (χ3v) is 4.96. The Kier molecular flexibility index (Phi) is 8.62. The van der Waals surface area contributed by atoms with E-state index >= 15 is 0 Å². The van der Waals surface area contributed by atoms with Crippen molar-refractivity contribution in [1.82, 2.24) is 15.5 Å². The first-order chi connectivity index (χ1) is 14.7. The maximum absolute atomic E-state index is 12.3. The van der Waals surface area contributed by atoms with Gasteiger partial charge in [-0.1, -0.05) is 6.92 Å². The van der Waals surface area contributed by atoms with Crippen molar-refractivity contribution in [3.63, 3.8) is 0 Å². The Morgan fingerprint density at radius 2 is 2.10 bits per heavy atom. The zero-order valence-electron chi connectivity index (χ0n) is 17.2. The van der Waals surface area contributed by atoms with E-state index in [4.69, 9.17) is 17.0 Å². The summed E-state index contributed by atoms with van der Waals surface area (Å²) in [5.41, 5.74) is 0.540. The van der Waals surface area contributed by atoms with E-state index in [-0.39, 0.29) is 29.2 Å². The number of nitro benzene ring substituents is 1. The van der Waals surface area contributed by atoms with Crippen molar-refractivity contribution < 1.29 is 24.0 Å². The Hall–Kier alpha value is -3.34. The van der Waals surface area contributed by atoms with Crippen molar-refractivity contribution in [3.05, 3.63) is 46.0 Å². The van der Waals surface area contributed by atoms with Crippen LogP contribution >= 0.6 is 12.2 Å². The highest BCUT2D eigenvalue weighted by Gasteiger charge is 2.34. The number of non-ortho nitro benzene ring substituents is 1. The van der Waals surface area contributed by atoms with Gasteiger partial charge in [0.05, 0.1) is 17.4 Å². The molecular formula is C20H24N4O6S. The number of esters is 1. The number of nitrogens with zero attached hydrogens (tertiary/aromatic N) is 2. The van der Waals surface area contributed by atoms with Gasteiger partial charge in [0.2, 0.25) is 11.8 Å². The summed E-state index contributed by atoms with van der Waals surface area (Å²) in [6.45, 7) is 4.30. The standard InChI is InChI=1S/C20H24N4O6S/c1-3-13(2)30-18(26)12-16-19(27)21-10-11-23(16)20(31)22-17(25)9-6-14-4-7-15(8-5-14)24(28)29/h4-9,13,16H,3,10-12H2,1-2H3,(H,21,27)(H,22,25,31)/b9-6+. The highest BCUT2D eigenvalue weighted by molar-refractivity contribution is 7.80. The molecule has 31 heavy (non-hydrogen) atoms. The lowest BCUT2D eigenvalue weighted by Gasteiger charge is -2.36. The molecule has 10 nitrogen and oxygen atoms in total. The first-order valence-corrected chi connectivity index (χ1v) is 10.1.